The molecule has 0 aliphatic heterocycles. The van der Waals surface area contributed by atoms with Crippen molar-refractivity contribution in [3.63, 3.8) is 0 Å². The van der Waals surface area contributed by atoms with E-state index in [0.717, 1.165) is 30.9 Å². The molecule has 3 rings (SSSR count). The molecule has 0 saturated carbocycles. The van der Waals surface area contributed by atoms with Gasteiger partial charge in [0.25, 0.3) is 0 Å². The number of carbonyl (C=O) groups is 1. The summed E-state index contributed by atoms with van der Waals surface area (Å²) in [5.74, 6) is -3.33. The summed E-state index contributed by atoms with van der Waals surface area (Å²) in [6.07, 6.45) is 2.49. The molecule has 1 N–H and O–H groups in total. The Hall–Kier alpha value is -2.28. The van der Waals surface area contributed by atoms with Crippen molar-refractivity contribution in [1.82, 2.24) is 0 Å². The first-order valence-electron chi connectivity index (χ1n) is 7.95. The van der Waals surface area contributed by atoms with Crippen LogP contribution in [-0.2, 0) is 27.5 Å². The van der Waals surface area contributed by atoms with Crippen LogP contribution in [-0.4, -0.2) is 20.1 Å². The molecule has 0 atom stereocenters. The molecule has 0 saturated heterocycles. The van der Waals surface area contributed by atoms with Gasteiger partial charge in [-0.1, -0.05) is 12.1 Å². The second-order valence-corrected chi connectivity index (χ2v) is 8.11. The number of aryl methyl sites for hydroxylation is 2. The Balaban J connectivity index is 1.66. The van der Waals surface area contributed by atoms with Gasteiger partial charge in [0.1, 0.15) is 0 Å². The van der Waals surface area contributed by atoms with E-state index in [4.69, 9.17) is 0 Å². The van der Waals surface area contributed by atoms with Gasteiger partial charge in [-0.05, 0) is 54.7 Å². The number of carbonyl (C=O) groups excluding carboxylic acids is 1. The summed E-state index contributed by atoms with van der Waals surface area (Å²) in [5.41, 5.74) is 1.89. The Morgan fingerprint density at radius 1 is 1.08 bits per heavy atom. The Morgan fingerprint density at radius 3 is 2.64 bits per heavy atom. The zero-order valence-electron chi connectivity index (χ0n) is 13.4. The van der Waals surface area contributed by atoms with Crippen molar-refractivity contribution in [1.29, 1.82) is 0 Å². The van der Waals surface area contributed by atoms with Gasteiger partial charge in [0.2, 0.25) is 5.91 Å². The van der Waals surface area contributed by atoms with Gasteiger partial charge < -0.3 is 5.32 Å². The molecule has 0 radical (unpaired) electrons. The summed E-state index contributed by atoms with van der Waals surface area (Å²) in [4.78, 5) is 12.1. The smallest absolute Gasteiger partial charge is 0.225 e. The lowest BCUT2D eigenvalue weighted by molar-refractivity contribution is -0.115. The first kappa shape index (κ1) is 17.5. The molecule has 0 bridgehead atoms. The number of fused-ring (bicyclic) bond motifs is 1. The van der Waals surface area contributed by atoms with Crippen LogP contribution in [0.15, 0.2) is 41.3 Å². The predicted molar refractivity (Wildman–Crippen MR) is 90.1 cm³/mol. The zero-order chi connectivity index (χ0) is 18.0. The number of halogens is 2. The van der Waals surface area contributed by atoms with E-state index in [-0.39, 0.29) is 17.0 Å². The minimum atomic E-state index is -3.62. The SMILES string of the molecule is O=C(CCS(=O)(=O)c1ccc2c(c1)CCC2)Nc1cccc(F)c1F. The summed E-state index contributed by atoms with van der Waals surface area (Å²) in [7, 11) is -3.62. The molecule has 0 heterocycles. The normalized spacial score (nSPS) is 13.5. The summed E-state index contributed by atoms with van der Waals surface area (Å²) < 4.78 is 51.4. The molecule has 0 spiro atoms. The number of nitrogens with one attached hydrogen (secondary N) is 1. The van der Waals surface area contributed by atoms with Crippen LogP contribution >= 0.6 is 0 Å². The fourth-order valence-electron chi connectivity index (χ4n) is 2.90. The highest BCUT2D eigenvalue weighted by Gasteiger charge is 2.20. The third-order valence-corrected chi connectivity index (χ3v) is 5.97. The van der Waals surface area contributed by atoms with Crippen molar-refractivity contribution in [3.8, 4) is 0 Å². The number of anilines is 1. The lowest BCUT2D eigenvalue weighted by atomic mass is 10.1. The van der Waals surface area contributed by atoms with Crippen LogP contribution in [0.4, 0.5) is 14.5 Å². The molecule has 2 aromatic rings. The van der Waals surface area contributed by atoms with Crippen LogP contribution in [0, 0.1) is 11.6 Å². The lowest BCUT2D eigenvalue weighted by Crippen LogP contribution is -2.18. The number of sulfone groups is 1. The molecule has 1 aliphatic carbocycles. The fraction of sp³-hybridized carbons (Fsp3) is 0.278. The minimum absolute atomic E-state index is 0.192. The van der Waals surface area contributed by atoms with Crippen LogP contribution in [0.1, 0.15) is 24.0 Å². The van der Waals surface area contributed by atoms with Gasteiger partial charge in [-0.25, -0.2) is 17.2 Å². The molecule has 2 aromatic carbocycles. The number of hydrogen-bond donors (Lipinski definition) is 1. The number of benzene rings is 2. The van der Waals surface area contributed by atoms with E-state index in [1.807, 2.05) is 6.07 Å². The van der Waals surface area contributed by atoms with Crippen molar-refractivity contribution >= 4 is 21.4 Å². The zero-order valence-corrected chi connectivity index (χ0v) is 14.2. The molecule has 0 unspecified atom stereocenters. The summed E-state index contributed by atoms with van der Waals surface area (Å²) >= 11 is 0. The standard InChI is InChI=1S/C18H17F2NO3S/c19-15-5-2-6-16(18(15)20)21-17(22)9-10-25(23,24)14-8-7-12-3-1-4-13(12)11-14/h2,5-8,11H,1,3-4,9-10H2,(H,21,22). The van der Waals surface area contributed by atoms with E-state index >= 15 is 0 Å². The van der Waals surface area contributed by atoms with Crippen molar-refractivity contribution in [2.24, 2.45) is 0 Å². The maximum atomic E-state index is 13.5. The van der Waals surface area contributed by atoms with E-state index in [1.54, 1.807) is 12.1 Å². The van der Waals surface area contributed by atoms with Gasteiger partial charge >= 0.3 is 0 Å². The van der Waals surface area contributed by atoms with Gasteiger partial charge in [-0.3, -0.25) is 4.79 Å². The maximum Gasteiger partial charge on any atom is 0.225 e. The largest absolute Gasteiger partial charge is 0.323 e. The molecular formula is C18H17F2NO3S. The summed E-state index contributed by atoms with van der Waals surface area (Å²) in [5, 5.41) is 2.20. The number of rotatable bonds is 5. The Morgan fingerprint density at radius 2 is 1.84 bits per heavy atom. The van der Waals surface area contributed by atoms with E-state index in [0.29, 0.717) is 0 Å². The Kier molecular flexibility index (Phi) is 4.85. The third kappa shape index (κ3) is 3.87. The van der Waals surface area contributed by atoms with Crippen molar-refractivity contribution in [3.05, 3.63) is 59.2 Å². The van der Waals surface area contributed by atoms with Crippen LogP contribution in [0.25, 0.3) is 0 Å². The highest BCUT2D eigenvalue weighted by atomic mass is 32.2. The van der Waals surface area contributed by atoms with E-state index < -0.39 is 33.1 Å². The van der Waals surface area contributed by atoms with Crippen LogP contribution in [0.2, 0.25) is 0 Å². The number of amides is 1. The molecule has 1 amide bonds. The Labute approximate surface area is 144 Å². The number of hydrogen-bond acceptors (Lipinski definition) is 3. The lowest BCUT2D eigenvalue weighted by Gasteiger charge is -2.08. The van der Waals surface area contributed by atoms with Gasteiger partial charge in [0.15, 0.2) is 21.5 Å². The highest BCUT2D eigenvalue weighted by Crippen LogP contribution is 2.25. The predicted octanol–water partition coefficient (Wildman–Crippen LogP) is 3.26. The first-order chi connectivity index (χ1) is 11.9. The molecule has 0 fully saturated rings. The van der Waals surface area contributed by atoms with Gasteiger partial charge in [-0.15, -0.1) is 0 Å². The van der Waals surface area contributed by atoms with E-state index in [1.165, 1.54) is 17.7 Å². The second kappa shape index (κ2) is 6.92. The van der Waals surface area contributed by atoms with Crippen molar-refractivity contribution in [2.75, 3.05) is 11.1 Å². The van der Waals surface area contributed by atoms with Gasteiger partial charge in [0, 0.05) is 6.42 Å². The average Bonchev–Trinajstić information content (AvgIpc) is 3.05. The van der Waals surface area contributed by atoms with Gasteiger partial charge in [0.05, 0.1) is 16.3 Å². The average molecular weight is 365 g/mol. The highest BCUT2D eigenvalue weighted by molar-refractivity contribution is 7.91. The molecule has 7 heteroatoms. The third-order valence-electron chi connectivity index (χ3n) is 4.25. The summed E-state index contributed by atoms with van der Waals surface area (Å²) in [6, 6.07) is 8.45. The fourth-order valence-corrected chi connectivity index (χ4v) is 4.19. The second-order valence-electron chi connectivity index (χ2n) is 6.00. The monoisotopic (exact) mass is 365 g/mol. The van der Waals surface area contributed by atoms with E-state index in [2.05, 4.69) is 5.32 Å². The quantitative estimate of drug-likeness (QED) is 0.885. The van der Waals surface area contributed by atoms with Crippen LogP contribution in [0.5, 0.6) is 0 Å². The first-order valence-corrected chi connectivity index (χ1v) is 9.60. The summed E-state index contributed by atoms with van der Waals surface area (Å²) in [6.45, 7) is 0. The molecule has 1 aliphatic rings. The molecule has 132 valence electrons. The van der Waals surface area contributed by atoms with Crippen molar-refractivity contribution < 1.29 is 22.0 Å². The Bertz CT molecular complexity index is 926. The van der Waals surface area contributed by atoms with Gasteiger partial charge in [-0.2, -0.15) is 0 Å². The maximum absolute atomic E-state index is 13.5. The van der Waals surface area contributed by atoms with E-state index in [9.17, 15) is 22.0 Å². The van der Waals surface area contributed by atoms with Crippen LogP contribution < -0.4 is 5.32 Å². The topological polar surface area (TPSA) is 63.2 Å². The van der Waals surface area contributed by atoms with Crippen LogP contribution in [0.3, 0.4) is 0 Å². The van der Waals surface area contributed by atoms with Crippen molar-refractivity contribution in [2.45, 2.75) is 30.6 Å². The molecule has 0 aromatic heterocycles. The minimum Gasteiger partial charge on any atom is -0.323 e. The molecule has 25 heavy (non-hydrogen) atoms. The molecular weight excluding hydrogens is 348 g/mol. The molecule has 4 nitrogen and oxygen atoms in total.